The molecule has 0 radical (unpaired) electrons. The summed E-state index contributed by atoms with van der Waals surface area (Å²) in [6, 6.07) is 13.6. The van der Waals surface area contributed by atoms with Crippen molar-refractivity contribution in [1.29, 1.82) is 0 Å². The van der Waals surface area contributed by atoms with Gasteiger partial charge in [0.1, 0.15) is 5.75 Å². The number of methoxy groups -OCH3 is 1. The van der Waals surface area contributed by atoms with E-state index in [1.165, 1.54) is 5.56 Å². The van der Waals surface area contributed by atoms with E-state index in [1.54, 1.807) is 7.11 Å². The van der Waals surface area contributed by atoms with E-state index in [0.29, 0.717) is 5.56 Å². The molecule has 0 saturated carbocycles. The van der Waals surface area contributed by atoms with Gasteiger partial charge in [0, 0.05) is 51.5 Å². The molecule has 140 valence electrons. The molecule has 1 aliphatic rings. The molecule has 0 atom stereocenters. The number of piperazine rings is 1. The summed E-state index contributed by atoms with van der Waals surface area (Å²) in [4.78, 5) is 17.4. The fourth-order valence-corrected chi connectivity index (χ4v) is 3.18. The van der Waals surface area contributed by atoms with Gasteiger partial charge in [-0.1, -0.05) is 18.2 Å². The highest BCUT2D eigenvalue weighted by Gasteiger charge is 2.15. The Morgan fingerprint density at radius 1 is 1.15 bits per heavy atom. The number of carbonyl (C=O) groups excluding carboxylic acids is 1. The molecule has 1 amide bonds. The van der Waals surface area contributed by atoms with Crippen LogP contribution in [0.1, 0.15) is 22.9 Å². The van der Waals surface area contributed by atoms with Crippen molar-refractivity contribution in [3.05, 3.63) is 59.2 Å². The summed E-state index contributed by atoms with van der Waals surface area (Å²) in [6.07, 6.45) is 0. The molecule has 5 heteroatoms. The monoisotopic (exact) mass is 355 g/mol. The maximum Gasteiger partial charge on any atom is 0.255 e. The van der Waals surface area contributed by atoms with Crippen molar-refractivity contribution >= 4 is 11.6 Å². The van der Waals surface area contributed by atoms with Crippen molar-refractivity contribution in [1.82, 2.24) is 9.80 Å². The second kappa shape index (κ2) is 8.34. The molecule has 2 aromatic carbocycles. The van der Waals surface area contributed by atoms with E-state index in [2.05, 4.69) is 28.2 Å². The minimum atomic E-state index is -0.101. The molecule has 0 spiro atoms. The number of benzene rings is 2. The zero-order valence-corrected chi connectivity index (χ0v) is 15.8. The van der Waals surface area contributed by atoms with Crippen LogP contribution in [-0.4, -0.2) is 56.0 Å². The van der Waals surface area contributed by atoms with Crippen LogP contribution in [0.2, 0.25) is 0 Å². The van der Waals surface area contributed by atoms with Gasteiger partial charge in [0.25, 0.3) is 5.91 Å². The largest absolute Gasteiger partial charge is 0.496 e. The minimum absolute atomic E-state index is 0. The Morgan fingerprint density at radius 3 is 2.65 bits per heavy atom. The van der Waals surface area contributed by atoms with E-state index >= 15 is 0 Å². The molecule has 1 heterocycles. The van der Waals surface area contributed by atoms with Gasteiger partial charge >= 0.3 is 0 Å². The lowest BCUT2D eigenvalue weighted by Crippen LogP contribution is -2.43. The van der Waals surface area contributed by atoms with E-state index in [4.69, 9.17) is 4.74 Å². The molecule has 2 aromatic rings. The predicted molar refractivity (Wildman–Crippen MR) is 107 cm³/mol. The molecule has 0 bridgehead atoms. The van der Waals surface area contributed by atoms with Gasteiger partial charge in [0.05, 0.1) is 7.11 Å². The first-order valence-corrected chi connectivity index (χ1v) is 9.01. The Hall–Kier alpha value is -2.37. The zero-order chi connectivity index (χ0) is 18.5. The highest BCUT2D eigenvalue weighted by atomic mass is 16.5. The second-order valence-electron chi connectivity index (χ2n) is 6.92. The van der Waals surface area contributed by atoms with Gasteiger partial charge in [0.2, 0.25) is 0 Å². The lowest BCUT2D eigenvalue weighted by molar-refractivity contribution is 0.102. The van der Waals surface area contributed by atoms with Crippen LogP contribution in [-0.2, 0) is 6.54 Å². The van der Waals surface area contributed by atoms with Crippen molar-refractivity contribution in [2.24, 2.45) is 0 Å². The smallest absolute Gasteiger partial charge is 0.255 e. The number of anilines is 1. The molecule has 1 N–H and O–H groups in total. The topological polar surface area (TPSA) is 44.8 Å². The number of hydrogen-bond donors (Lipinski definition) is 1. The summed E-state index contributed by atoms with van der Waals surface area (Å²) in [6.45, 7) is 7.18. The molecule has 3 rings (SSSR count). The molecular weight excluding hydrogens is 326 g/mol. The lowest BCUT2D eigenvalue weighted by Gasteiger charge is -2.32. The molecular formula is C21H29N3O2. The number of nitrogens with zero attached hydrogens (tertiary/aromatic N) is 2. The third-order valence-electron chi connectivity index (χ3n) is 4.86. The SMILES string of the molecule is COc1cc(NC(=O)c2cccc(CN3CCN(C)CC3)c2)ccc1C.[HH]. The van der Waals surface area contributed by atoms with Gasteiger partial charge in [0.15, 0.2) is 0 Å². The first-order chi connectivity index (χ1) is 12.5. The summed E-state index contributed by atoms with van der Waals surface area (Å²) in [5.41, 5.74) is 3.63. The van der Waals surface area contributed by atoms with Crippen LogP contribution in [0.15, 0.2) is 42.5 Å². The van der Waals surface area contributed by atoms with Gasteiger partial charge in [-0.3, -0.25) is 9.69 Å². The Kier molecular flexibility index (Phi) is 5.91. The van der Waals surface area contributed by atoms with Crippen molar-refractivity contribution < 1.29 is 11.0 Å². The number of nitrogens with one attached hydrogen (secondary N) is 1. The molecule has 26 heavy (non-hydrogen) atoms. The van der Waals surface area contributed by atoms with Crippen LogP contribution in [0.3, 0.4) is 0 Å². The number of amides is 1. The van der Waals surface area contributed by atoms with Gasteiger partial charge in [-0.05, 0) is 43.3 Å². The van der Waals surface area contributed by atoms with E-state index in [0.717, 1.165) is 49.7 Å². The van der Waals surface area contributed by atoms with Crippen LogP contribution in [0, 0.1) is 6.92 Å². The number of rotatable bonds is 5. The molecule has 0 unspecified atom stereocenters. The average molecular weight is 355 g/mol. The summed E-state index contributed by atoms with van der Waals surface area (Å²) in [7, 11) is 3.79. The first kappa shape index (κ1) is 18.4. The van der Waals surface area contributed by atoms with E-state index in [-0.39, 0.29) is 7.33 Å². The highest BCUT2D eigenvalue weighted by molar-refractivity contribution is 6.04. The molecule has 1 saturated heterocycles. The Bertz CT molecular complexity index is 774. The fraction of sp³-hybridized carbons (Fsp3) is 0.381. The molecule has 5 nitrogen and oxygen atoms in total. The lowest BCUT2D eigenvalue weighted by atomic mass is 10.1. The van der Waals surface area contributed by atoms with Crippen LogP contribution in [0.25, 0.3) is 0 Å². The number of carbonyl (C=O) groups is 1. The number of ether oxygens (including phenoxy) is 1. The maximum atomic E-state index is 12.6. The molecule has 1 aliphatic heterocycles. The fourth-order valence-electron chi connectivity index (χ4n) is 3.18. The number of hydrogen-bond acceptors (Lipinski definition) is 4. The van der Waals surface area contributed by atoms with Gasteiger partial charge in [-0.15, -0.1) is 0 Å². The van der Waals surface area contributed by atoms with Gasteiger partial charge < -0.3 is 15.0 Å². The van der Waals surface area contributed by atoms with Gasteiger partial charge in [-0.2, -0.15) is 0 Å². The number of aryl methyl sites for hydroxylation is 1. The summed E-state index contributed by atoms with van der Waals surface area (Å²) < 4.78 is 5.32. The van der Waals surface area contributed by atoms with E-state index < -0.39 is 0 Å². The van der Waals surface area contributed by atoms with Crippen LogP contribution in [0.4, 0.5) is 5.69 Å². The van der Waals surface area contributed by atoms with Crippen LogP contribution in [0.5, 0.6) is 5.75 Å². The standard InChI is InChI=1S/C21H27N3O2.H2/c1-16-7-8-19(14-20(16)26-3)22-21(25)18-6-4-5-17(13-18)15-24-11-9-23(2)10-12-24;/h4-8,13-14H,9-12,15H2,1-3H3,(H,22,25);1H. The first-order valence-electron chi connectivity index (χ1n) is 9.01. The summed E-state index contributed by atoms with van der Waals surface area (Å²) in [5, 5.41) is 2.96. The van der Waals surface area contributed by atoms with Crippen molar-refractivity contribution in [3.8, 4) is 5.75 Å². The predicted octanol–water partition coefficient (Wildman–Crippen LogP) is 3.25. The normalized spacial score (nSPS) is 15.7. The van der Waals surface area contributed by atoms with Crippen molar-refractivity contribution in [2.75, 3.05) is 45.7 Å². The van der Waals surface area contributed by atoms with Crippen LogP contribution >= 0.6 is 0 Å². The minimum Gasteiger partial charge on any atom is -0.496 e. The Labute approximate surface area is 157 Å². The van der Waals surface area contributed by atoms with Crippen LogP contribution < -0.4 is 10.1 Å². The Balaban J connectivity index is 0.00000261. The average Bonchev–Trinajstić information content (AvgIpc) is 2.65. The molecule has 0 aromatic heterocycles. The third-order valence-corrected chi connectivity index (χ3v) is 4.86. The van der Waals surface area contributed by atoms with E-state index in [9.17, 15) is 4.79 Å². The van der Waals surface area contributed by atoms with E-state index in [1.807, 2.05) is 43.3 Å². The van der Waals surface area contributed by atoms with Gasteiger partial charge in [-0.25, -0.2) is 0 Å². The third kappa shape index (κ3) is 4.62. The maximum absolute atomic E-state index is 12.6. The van der Waals surface area contributed by atoms with Crippen molar-refractivity contribution in [2.45, 2.75) is 13.5 Å². The highest BCUT2D eigenvalue weighted by Crippen LogP contribution is 2.22. The second-order valence-corrected chi connectivity index (χ2v) is 6.92. The quantitative estimate of drug-likeness (QED) is 0.894. The zero-order valence-electron chi connectivity index (χ0n) is 15.8. The summed E-state index contributed by atoms with van der Waals surface area (Å²) in [5.74, 6) is 0.669. The summed E-state index contributed by atoms with van der Waals surface area (Å²) >= 11 is 0. The molecule has 0 aliphatic carbocycles. The number of likely N-dealkylation sites (N-methyl/N-ethyl adjacent to an activating group) is 1. The Morgan fingerprint density at radius 2 is 1.92 bits per heavy atom. The molecule has 1 fully saturated rings. The van der Waals surface area contributed by atoms with Crippen molar-refractivity contribution in [3.63, 3.8) is 0 Å².